The van der Waals surface area contributed by atoms with E-state index in [1.807, 2.05) is 26.0 Å². The molecule has 0 bridgehead atoms. The number of likely N-dealkylation sites (tertiary alicyclic amines) is 1. The topological polar surface area (TPSA) is 73.5 Å². The predicted molar refractivity (Wildman–Crippen MR) is 115 cm³/mol. The summed E-state index contributed by atoms with van der Waals surface area (Å²) in [5, 5.41) is 9.36. The van der Waals surface area contributed by atoms with E-state index in [2.05, 4.69) is 26.9 Å². The molecule has 2 heterocycles. The number of amides is 2. The summed E-state index contributed by atoms with van der Waals surface area (Å²) in [5.74, 6) is 0.567. The van der Waals surface area contributed by atoms with E-state index in [9.17, 15) is 9.59 Å². The second-order valence-corrected chi connectivity index (χ2v) is 8.00. The lowest BCUT2D eigenvalue weighted by molar-refractivity contribution is -0.123. The van der Waals surface area contributed by atoms with Crippen LogP contribution in [0.1, 0.15) is 36.8 Å². The molecule has 3 rings (SSSR count). The van der Waals surface area contributed by atoms with Gasteiger partial charge < -0.3 is 16.0 Å². The minimum absolute atomic E-state index is 0. The number of aryl methyl sites for hydroxylation is 2. The highest BCUT2D eigenvalue weighted by molar-refractivity contribution is 5.93. The zero-order valence-corrected chi connectivity index (χ0v) is 17.7. The number of carbonyl (C=O) groups excluding carboxylic acids is 2. The number of halogens is 1. The molecule has 156 valence electrons. The molecule has 0 saturated carbocycles. The predicted octanol–water partition coefficient (Wildman–Crippen LogP) is 2.24. The van der Waals surface area contributed by atoms with Crippen molar-refractivity contribution in [3.8, 4) is 0 Å². The largest absolute Gasteiger partial charge is 0.354 e. The van der Waals surface area contributed by atoms with Crippen LogP contribution in [0.25, 0.3) is 0 Å². The van der Waals surface area contributed by atoms with Crippen molar-refractivity contribution >= 4 is 29.9 Å². The summed E-state index contributed by atoms with van der Waals surface area (Å²) in [7, 11) is 0. The molecule has 28 heavy (non-hydrogen) atoms. The van der Waals surface area contributed by atoms with Crippen molar-refractivity contribution in [1.82, 2.24) is 15.5 Å². The third kappa shape index (κ3) is 6.47. The van der Waals surface area contributed by atoms with Crippen LogP contribution in [0, 0.1) is 19.8 Å². The van der Waals surface area contributed by atoms with E-state index in [4.69, 9.17) is 0 Å². The van der Waals surface area contributed by atoms with Crippen molar-refractivity contribution in [3.63, 3.8) is 0 Å². The minimum Gasteiger partial charge on any atom is -0.354 e. The average molecular weight is 409 g/mol. The normalized spacial score (nSPS) is 22.4. The number of piperidine rings is 1. The van der Waals surface area contributed by atoms with Crippen LogP contribution in [0.3, 0.4) is 0 Å². The van der Waals surface area contributed by atoms with Crippen molar-refractivity contribution in [3.05, 3.63) is 29.3 Å². The van der Waals surface area contributed by atoms with Gasteiger partial charge in [0.15, 0.2) is 0 Å². The first-order valence-corrected chi connectivity index (χ1v) is 10.1. The number of hydrogen-bond acceptors (Lipinski definition) is 4. The van der Waals surface area contributed by atoms with Gasteiger partial charge in [0.1, 0.15) is 0 Å². The first-order valence-electron chi connectivity index (χ1n) is 10.1. The lowest BCUT2D eigenvalue weighted by Crippen LogP contribution is -2.46. The van der Waals surface area contributed by atoms with Gasteiger partial charge in [0.05, 0.1) is 12.6 Å². The molecule has 0 aliphatic carbocycles. The Balaban J connectivity index is 0.00000280. The quantitative estimate of drug-likeness (QED) is 0.675. The molecule has 1 aromatic rings. The number of hydrogen-bond donors (Lipinski definition) is 3. The maximum Gasteiger partial charge on any atom is 0.238 e. The van der Waals surface area contributed by atoms with Crippen LogP contribution < -0.4 is 16.0 Å². The zero-order valence-electron chi connectivity index (χ0n) is 16.9. The molecule has 0 spiro atoms. The Morgan fingerprint density at radius 3 is 2.75 bits per heavy atom. The number of anilines is 1. The first-order chi connectivity index (χ1) is 13.0. The van der Waals surface area contributed by atoms with Crippen molar-refractivity contribution in [2.24, 2.45) is 5.92 Å². The van der Waals surface area contributed by atoms with Crippen LogP contribution in [0.4, 0.5) is 5.69 Å². The highest BCUT2D eigenvalue weighted by Gasteiger charge is 2.25. The van der Waals surface area contributed by atoms with Gasteiger partial charge in [-0.25, -0.2) is 0 Å². The summed E-state index contributed by atoms with van der Waals surface area (Å²) in [4.78, 5) is 26.8. The van der Waals surface area contributed by atoms with Gasteiger partial charge in [0, 0.05) is 18.8 Å². The van der Waals surface area contributed by atoms with Crippen LogP contribution >= 0.6 is 12.4 Å². The third-order valence-electron chi connectivity index (χ3n) is 5.57. The molecule has 2 aliphatic rings. The van der Waals surface area contributed by atoms with E-state index in [0.717, 1.165) is 56.6 Å². The highest BCUT2D eigenvalue weighted by Crippen LogP contribution is 2.18. The maximum absolute atomic E-state index is 12.4. The fourth-order valence-corrected chi connectivity index (χ4v) is 4.08. The van der Waals surface area contributed by atoms with Crippen LogP contribution in [0.5, 0.6) is 0 Å². The fraction of sp³-hybridized carbons (Fsp3) is 0.619. The third-order valence-corrected chi connectivity index (χ3v) is 5.57. The lowest BCUT2D eigenvalue weighted by Gasteiger charge is -2.32. The molecular weight excluding hydrogens is 376 g/mol. The smallest absolute Gasteiger partial charge is 0.238 e. The SMILES string of the molecule is Cc1ccc(NC(=O)CN2CCCC(CNC(=O)C3CCCN3)C2)c(C)c1.Cl. The van der Waals surface area contributed by atoms with Crippen LogP contribution in [0.2, 0.25) is 0 Å². The van der Waals surface area contributed by atoms with Crippen LogP contribution in [0.15, 0.2) is 18.2 Å². The van der Waals surface area contributed by atoms with E-state index < -0.39 is 0 Å². The van der Waals surface area contributed by atoms with Gasteiger partial charge in [0.2, 0.25) is 11.8 Å². The summed E-state index contributed by atoms with van der Waals surface area (Å²) in [6.07, 6.45) is 4.18. The van der Waals surface area contributed by atoms with Gasteiger partial charge in [-0.1, -0.05) is 17.7 Å². The number of nitrogens with zero attached hydrogens (tertiary/aromatic N) is 1. The Labute approximate surface area is 174 Å². The summed E-state index contributed by atoms with van der Waals surface area (Å²) in [6, 6.07) is 6.04. The first kappa shape index (κ1) is 22.7. The van der Waals surface area contributed by atoms with E-state index in [1.165, 1.54) is 5.56 Å². The number of rotatable bonds is 6. The van der Waals surface area contributed by atoms with E-state index in [-0.39, 0.29) is 30.3 Å². The molecule has 7 heteroatoms. The summed E-state index contributed by atoms with van der Waals surface area (Å²) < 4.78 is 0. The average Bonchev–Trinajstić information content (AvgIpc) is 3.17. The Morgan fingerprint density at radius 2 is 2.04 bits per heavy atom. The molecule has 3 N–H and O–H groups in total. The molecule has 2 amide bonds. The molecule has 0 aromatic heterocycles. The van der Waals surface area contributed by atoms with Gasteiger partial charge in [0.25, 0.3) is 0 Å². The summed E-state index contributed by atoms with van der Waals surface area (Å²) in [5.41, 5.74) is 3.16. The van der Waals surface area contributed by atoms with Crippen molar-refractivity contribution < 1.29 is 9.59 Å². The molecule has 2 saturated heterocycles. The van der Waals surface area contributed by atoms with Crippen molar-refractivity contribution in [2.45, 2.75) is 45.6 Å². The van der Waals surface area contributed by atoms with Crippen molar-refractivity contribution in [2.75, 3.05) is 38.0 Å². The molecule has 1 aromatic carbocycles. The number of nitrogens with one attached hydrogen (secondary N) is 3. The second kappa shape index (κ2) is 10.8. The van der Waals surface area contributed by atoms with Gasteiger partial charge >= 0.3 is 0 Å². The van der Waals surface area contributed by atoms with Gasteiger partial charge in [-0.3, -0.25) is 14.5 Å². The Morgan fingerprint density at radius 1 is 1.21 bits per heavy atom. The second-order valence-electron chi connectivity index (χ2n) is 8.00. The van der Waals surface area contributed by atoms with E-state index in [0.29, 0.717) is 19.0 Å². The molecule has 6 nitrogen and oxygen atoms in total. The molecule has 0 radical (unpaired) electrons. The van der Waals surface area contributed by atoms with Gasteiger partial charge in [-0.2, -0.15) is 0 Å². The Bertz CT molecular complexity index is 676. The molecule has 2 aliphatic heterocycles. The number of benzene rings is 1. The zero-order chi connectivity index (χ0) is 19.2. The van der Waals surface area contributed by atoms with Crippen LogP contribution in [-0.4, -0.2) is 55.5 Å². The molecule has 2 unspecified atom stereocenters. The van der Waals surface area contributed by atoms with E-state index >= 15 is 0 Å². The monoisotopic (exact) mass is 408 g/mol. The van der Waals surface area contributed by atoms with Gasteiger partial charge in [-0.15, -0.1) is 12.4 Å². The molecule has 2 atom stereocenters. The van der Waals surface area contributed by atoms with Crippen molar-refractivity contribution in [1.29, 1.82) is 0 Å². The summed E-state index contributed by atoms with van der Waals surface area (Å²) in [6.45, 7) is 7.90. The fourth-order valence-electron chi connectivity index (χ4n) is 4.08. The highest BCUT2D eigenvalue weighted by atomic mass is 35.5. The Kier molecular flexibility index (Phi) is 8.73. The lowest BCUT2D eigenvalue weighted by atomic mass is 9.97. The minimum atomic E-state index is -0.0202. The molecular formula is C21H33ClN4O2. The van der Waals surface area contributed by atoms with Crippen LogP contribution in [-0.2, 0) is 9.59 Å². The molecule has 2 fully saturated rings. The Hall–Kier alpha value is -1.63. The van der Waals surface area contributed by atoms with Gasteiger partial charge in [-0.05, 0) is 70.2 Å². The van der Waals surface area contributed by atoms with E-state index in [1.54, 1.807) is 0 Å². The summed E-state index contributed by atoms with van der Waals surface area (Å²) >= 11 is 0. The maximum atomic E-state index is 12.4. The number of carbonyl (C=O) groups is 2. The standard InChI is InChI=1S/C21H32N4O2.ClH/c1-15-7-8-18(16(2)11-15)24-20(26)14-25-10-4-5-17(13-25)12-23-21(27)19-6-3-9-22-19;/h7-8,11,17,19,22H,3-6,9-10,12-14H2,1-2H3,(H,23,27)(H,24,26);1H.